The van der Waals surface area contributed by atoms with Crippen molar-refractivity contribution in [3.63, 3.8) is 0 Å². The first-order chi connectivity index (χ1) is 14.1. The summed E-state index contributed by atoms with van der Waals surface area (Å²) in [5.74, 6) is -0.343. The van der Waals surface area contributed by atoms with E-state index in [2.05, 4.69) is 16.3 Å². The summed E-state index contributed by atoms with van der Waals surface area (Å²) in [6, 6.07) is 13.6. The summed E-state index contributed by atoms with van der Waals surface area (Å²) in [6.07, 6.45) is 0.126. The summed E-state index contributed by atoms with van der Waals surface area (Å²) < 4.78 is 19.5. The lowest BCUT2D eigenvalue weighted by atomic mass is 9.85. The van der Waals surface area contributed by atoms with Crippen molar-refractivity contribution in [2.24, 2.45) is 0 Å². The number of aromatic amines is 1. The second-order valence-electron chi connectivity index (χ2n) is 7.38. The zero-order valence-electron chi connectivity index (χ0n) is 15.6. The highest BCUT2D eigenvalue weighted by atomic mass is 19.1. The smallest absolute Gasteiger partial charge is 0.408 e. The molecule has 5 rings (SSSR count). The van der Waals surface area contributed by atoms with Gasteiger partial charge < -0.3 is 9.84 Å². The van der Waals surface area contributed by atoms with Crippen LogP contribution in [0.4, 0.5) is 9.18 Å². The van der Waals surface area contributed by atoms with Gasteiger partial charge in [-0.3, -0.25) is 10.00 Å². The number of nitrogens with zero attached hydrogens (tertiary/aromatic N) is 2. The maximum atomic E-state index is 13.5. The third-order valence-corrected chi connectivity index (χ3v) is 5.78. The Bertz CT molecular complexity index is 1060. The Kier molecular flexibility index (Phi) is 4.32. The van der Waals surface area contributed by atoms with Crippen molar-refractivity contribution < 1.29 is 19.0 Å². The summed E-state index contributed by atoms with van der Waals surface area (Å²) in [5, 5.41) is 17.5. The Morgan fingerprint density at radius 3 is 2.76 bits per heavy atom. The fourth-order valence-electron chi connectivity index (χ4n) is 4.45. The standard InChI is InChI=1S/C22H20FN3O3/c23-15-8-5-14(6-9-15)21-20(26(22(27)28)11-12-29-21)19-18-16-4-2-1-3-13(16)7-10-17(18)24-25-19/h1-6,8-9,20-21H,7,10-12H2,(H,24,25)(H,27,28). The molecule has 2 N–H and O–H groups in total. The number of ether oxygens (including phenoxy) is 1. The van der Waals surface area contributed by atoms with Gasteiger partial charge in [-0.1, -0.05) is 36.4 Å². The van der Waals surface area contributed by atoms with Gasteiger partial charge in [0, 0.05) is 12.1 Å². The Morgan fingerprint density at radius 1 is 1.17 bits per heavy atom. The average Bonchev–Trinajstić information content (AvgIpc) is 3.18. The minimum atomic E-state index is -1.02. The lowest BCUT2D eigenvalue weighted by Crippen LogP contribution is -2.44. The van der Waals surface area contributed by atoms with E-state index in [-0.39, 0.29) is 19.0 Å². The first-order valence-corrected chi connectivity index (χ1v) is 9.65. The van der Waals surface area contributed by atoms with Gasteiger partial charge in [-0.25, -0.2) is 9.18 Å². The second-order valence-corrected chi connectivity index (χ2v) is 7.38. The normalized spacial score (nSPS) is 20.8. The molecular weight excluding hydrogens is 373 g/mol. The number of amides is 1. The van der Waals surface area contributed by atoms with Gasteiger partial charge in [0.2, 0.25) is 0 Å². The summed E-state index contributed by atoms with van der Waals surface area (Å²) in [5.41, 5.74) is 5.65. The zero-order valence-corrected chi connectivity index (χ0v) is 15.6. The second kappa shape index (κ2) is 7.00. The van der Waals surface area contributed by atoms with Gasteiger partial charge in [-0.05, 0) is 41.7 Å². The van der Waals surface area contributed by atoms with E-state index in [0.717, 1.165) is 40.9 Å². The first-order valence-electron chi connectivity index (χ1n) is 9.65. The summed E-state index contributed by atoms with van der Waals surface area (Å²) in [4.78, 5) is 13.5. The van der Waals surface area contributed by atoms with Crippen molar-refractivity contribution in [1.29, 1.82) is 0 Å². The number of morpholine rings is 1. The molecule has 7 heteroatoms. The predicted octanol–water partition coefficient (Wildman–Crippen LogP) is 4.11. The Morgan fingerprint density at radius 2 is 1.97 bits per heavy atom. The largest absolute Gasteiger partial charge is 0.465 e. The number of halogens is 1. The van der Waals surface area contributed by atoms with Crippen LogP contribution in [0, 0.1) is 5.82 Å². The molecule has 1 saturated heterocycles. The molecule has 2 aliphatic rings. The van der Waals surface area contributed by atoms with Gasteiger partial charge in [0.1, 0.15) is 18.0 Å². The van der Waals surface area contributed by atoms with Gasteiger partial charge in [0.25, 0.3) is 0 Å². The summed E-state index contributed by atoms with van der Waals surface area (Å²) in [7, 11) is 0. The van der Waals surface area contributed by atoms with E-state index in [1.807, 2.05) is 18.2 Å². The molecule has 2 aromatic carbocycles. The maximum absolute atomic E-state index is 13.5. The number of hydrogen-bond acceptors (Lipinski definition) is 3. The van der Waals surface area contributed by atoms with Gasteiger partial charge in [-0.15, -0.1) is 0 Å². The number of nitrogens with one attached hydrogen (secondary N) is 1. The molecule has 2 atom stereocenters. The van der Waals surface area contributed by atoms with Gasteiger partial charge >= 0.3 is 6.09 Å². The van der Waals surface area contributed by atoms with Crippen LogP contribution in [0.2, 0.25) is 0 Å². The van der Waals surface area contributed by atoms with E-state index in [1.54, 1.807) is 12.1 Å². The molecule has 0 spiro atoms. The number of fused-ring (bicyclic) bond motifs is 3. The number of aryl methyl sites for hydroxylation is 2. The van der Waals surface area contributed by atoms with E-state index in [9.17, 15) is 14.3 Å². The van der Waals surface area contributed by atoms with Gasteiger partial charge in [-0.2, -0.15) is 5.10 Å². The lowest BCUT2D eigenvalue weighted by molar-refractivity contribution is -0.0660. The van der Waals surface area contributed by atoms with Crippen LogP contribution < -0.4 is 0 Å². The van der Waals surface area contributed by atoms with E-state index in [0.29, 0.717) is 0 Å². The van der Waals surface area contributed by atoms with Crippen molar-refractivity contribution in [2.75, 3.05) is 13.2 Å². The molecule has 2 unspecified atom stereocenters. The molecule has 1 aliphatic heterocycles. The summed E-state index contributed by atoms with van der Waals surface area (Å²) in [6.45, 7) is 0.533. The quantitative estimate of drug-likeness (QED) is 0.687. The Labute approximate surface area is 166 Å². The van der Waals surface area contributed by atoms with Crippen molar-refractivity contribution >= 4 is 6.09 Å². The van der Waals surface area contributed by atoms with Crippen LogP contribution in [0.3, 0.4) is 0 Å². The van der Waals surface area contributed by atoms with Crippen LogP contribution in [0.1, 0.15) is 34.7 Å². The van der Waals surface area contributed by atoms with Crippen LogP contribution >= 0.6 is 0 Å². The monoisotopic (exact) mass is 393 g/mol. The van der Waals surface area contributed by atoms with Crippen LogP contribution in [-0.4, -0.2) is 39.4 Å². The molecule has 6 nitrogen and oxygen atoms in total. The van der Waals surface area contributed by atoms with Crippen LogP contribution in [0.15, 0.2) is 48.5 Å². The molecular formula is C22H20FN3O3. The van der Waals surface area contributed by atoms with Crippen LogP contribution in [0.5, 0.6) is 0 Å². The van der Waals surface area contributed by atoms with Gasteiger partial charge in [0.15, 0.2) is 0 Å². The van der Waals surface area contributed by atoms with Crippen molar-refractivity contribution in [2.45, 2.75) is 25.0 Å². The molecule has 0 radical (unpaired) electrons. The summed E-state index contributed by atoms with van der Waals surface area (Å²) >= 11 is 0. The van der Waals surface area contributed by atoms with Crippen LogP contribution in [-0.2, 0) is 17.6 Å². The zero-order chi connectivity index (χ0) is 20.0. The number of aromatic nitrogens is 2. The molecule has 1 aliphatic carbocycles. The molecule has 1 aromatic heterocycles. The fourth-order valence-corrected chi connectivity index (χ4v) is 4.45. The molecule has 0 bridgehead atoms. The number of rotatable bonds is 2. The van der Waals surface area contributed by atoms with Crippen LogP contribution in [0.25, 0.3) is 11.1 Å². The highest BCUT2D eigenvalue weighted by molar-refractivity contribution is 5.75. The molecule has 29 heavy (non-hydrogen) atoms. The number of carbonyl (C=O) groups is 1. The van der Waals surface area contributed by atoms with Crippen molar-refractivity contribution in [3.8, 4) is 11.1 Å². The third-order valence-electron chi connectivity index (χ3n) is 5.78. The highest BCUT2D eigenvalue weighted by Gasteiger charge is 2.41. The number of carboxylic acid groups (broad SMARTS) is 1. The Hall–Kier alpha value is -3.19. The molecule has 3 aromatic rings. The number of benzene rings is 2. The van der Waals surface area contributed by atoms with E-state index >= 15 is 0 Å². The fraction of sp³-hybridized carbons (Fsp3) is 0.273. The van der Waals surface area contributed by atoms with Crippen molar-refractivity contribution in [3.05, 3.63) is 76.9 Å². The topological polar surface area (TPSA) is 78.5 Å². The first kappa shape index (κ1) is 17.9. The lowest BCUT2D eigenvalue weighted by Gasteiger charge is -2.40. The Balaban J connectivity index is 1.66. The van der Waals surface area contributed by atoms with E-state index < -0.39 is 18.2 Å². The van der Waals surface area contributed by atoms with E-state index in [1.165, 1.54) is 22.6 Å². The molecule has 148 valence electrons. The third kappa shape index (κ3) is 2.98. The molecule has 1 amide bonds. The average molecular weight is 393 g/mol. The number of H-pyrrole nitrogens is 1. The predicted molar refractivity (Wildman–Crippen MR) is 104 cm³/mol. The molecule has 2 heterocycles. The van der Waals surface area contributed by atoms with E-state index in [4.69, 9.17) is 4.74 Å². The molecule has 0 saturated carbocycles. The SMILES string of the molecule is O=C(O)N1CCOC(c2ccc(F)cc2)C1c1[nH]nc2c1-c1ccccc1CC2. The molecule has 1 fully saturated rings. The van der Waals surface area contributed by atoms with Crippen molar-refractivity contribution in [1.82, 2.24) is 15.1 Å². The minimum Gasteiger partial charge on any atom is -0.465 e. The minimum absolute atomic E-state index is 0.257. The maximum Gasteiger partial charge on any atom is 0.408 e. The number of hydrogen-bond donors (Lipinski definition) is 2. The van der Waals surface area contributed by atoms with Gasteiger partial charge in [0.05, 0.1) is 18.0 Å². The highest BCUT2D eigenvalue weighted by Crippen LogP contribution is 2.45.